The summed E-state index contributed by atoms with van der Waals surface area (Å²) in [7, 11) is 0. The topological polar surface area (TPSA) is 55.4 Å². The number of ketones is 1. The van der Waals surface area contributed by atoms with Crippen LogP contribution in [0.5, 0.6) is 5.75 Å². The molecule has 0 atom stereocenters. The smallest absolute Gasteiger partial charge is 0.262 e. The van der Waals surface area contributed by atoms with Crippen molar-refractivity contribution in [2.45, 2.75) is 12.8 Å². The van der Waals surface area contributed by atoms with Crippen LogP contribution in [0.2, 0.25) is 10.0 Å². The van der Waals surface area contributed by atoms with Crippen molar-refractivity contribution in [2.75, 3.05) is 11.9 Å². The number of ether oxygens (including phenoxy) is 1. The van der Waals surface area contributed by atoms with E-state index in [1.165, 1.54) is 0 Å². The van der Waals surface area contributed by atoms with E-state index in [9.17, 15) is 9.59 Å². The Bertz CT molecular complexity index is 789. The summed E-state index contributed by atoms with van der Waals surface area (Å²) in [6.45, 7) is -0.173. The van der Waals surface area contributed by atoms with Crippen LogP contribution in [0, 0.1) is 0 Å². The maximum absolute atomic E-state index is 12.0. The highest BCUT2D eigenvalue weighted by molar-refractivity contribution is 6.35. The zero-order chi connectivity index (χ0) is 16.4. The third-order valence-corrected chi connectivity index (χ3v) is 4.16. The maximum Gasteiger partial charge on any atom is 0.262 e. The Morgan fingerprint density at radius 2 is 2.00 bits per heavy atom. The average molecular weight is 350 g/mol. The lowest BCUT2D eigenvalue weighted by Crippen LogP contribution is -2.20. The van der Waals surface area contributed by atoms with Gasteiger partial charge in [-0.2, -0.15) is 0 Å². The number of amides is 1. The zero-order valence-electron chi connectivity index (χ0n) is 12.1. The van der Waals surface area contributed by atoms with Crippen molar-refractivity contribution in [3.05, 3.63) is 57.6 Å². The van der Waals surface area contributed by atoms with Crippen molar-refractivity contribution >= 4 is 40.6 Å². The van der Waals surface area contributed by atoms with Crippen LogP contribution in [0.25, 0.3) is 0 Å². The molecule has 2 aromatic rings. The first-order chi connectivity index (χ1) is 11.0. The number of hydrogen-bond donors (Lipinski definition) is 1. The molecular weight excluding hydrogens is 337 g/mol. The van der Waals surface area contributed by atoms with Crippen molar-refractivity contribution in [2.24, 2.45) is 0 Å². The molecule has 0 saturated carbocycles. The van der Waals surface area contributed by atoms with Gasteiger partial charge >= 0.3 is 0 Å². The van der Waals surface area contributed by atoms with Crippen LogP contribution in [-0.4, -0.2) is 18.3 Å². The number of benzene rings is 2. The molecule has 0 aromatic heterocycles. The Kier molecular flexibility index (Phi) is 4.55. The summed E-state index contributed by atoms with van der Waals surface area (Å²) in [5, 5.41) is 3.52. The quantitative estimate of drug-likeness (QED) is 0.902. The van der Waals surface area contributed by atoms with Gasteiger partial charge in [0.2, 0.25) is 0 Å². The molecule has 118 valence electrons. The fourth-order valence-electron chi connectivity index (χ4n) is 2.52. The Labute approximate surface area is 143 Å². The Balaban J connectivity index is 1.66. The molecule has 0 heterocycles. The van der Waals surface area contributed by atoms with Crippen LogP contribution in [0.15, 0.2) is 36.4 Å². The van der Waals surface area contributed by atoms with Gasteiger partial charge in [0.05, 0.1) is 10.7 Å². The Morgan fingerprint density at radius 3 is 2.83 bits per heavy atom. The van der Waals surface area contributed by atoms with E-state index < -0.39 is 0 Å². The second-order valence-electron chi connectivity index (χ2n) is 5.17. The van der Waals surface area contributed by atoms with Crippen molar-refractivity contribution in [3.8, 4) is 5.75 Å². The summed E-state index contributed by atoms with van der Waals surface area (Å²) in [4.78, 5) is 23.7. The number of halogens is 2. The fourth-order valence-corrected chi connectivity index (χ4v) is 2.85. The van der Waals surface area contributed by atoms with Gasteiger partial charge in [-0.3, -0.25) is 9.59 Å². The van der Waals surface area contributed by atoms with Crippen LogP contribution >= 0.6 is 23.2 Å². The van der Waals surface area contributed by atoms with Gasteiger partial charge in [0.1, 0.15) is 5.75 Å². The number of anilines is 1. The van der Waals surface area contributed by atoms with E-state index >= 15 is 0 Å². The molecule has 1 amide bonds. The minimum Gasteiger partial charge on any atom is -0.483 e. The van der Waals surface area contributed by atoms with Gasteiger partial charge in [0.25, 0.3) is 5.91 Å². The van der Waals surface area contributed by atoms with Crippen LogP contribution in [0.1, 0.15) is 22.3 Å². The van der Waals surface area contributed by atoms with E-state index in [1.54, 1.807) is 36.4 Å². The number of carbonyl (C=O) groups is 2. The SMILES string of the molecule is O=C(COc1cccc2c1CCC2=O)Nc1cc(Cl)ccc1Cl. The van der Waals surface area contributed by atoms with Crippen LogP contribution in [0.3, 0.4) is 0 Å². The molecule has 0 radical (unpaired) electrons. The van der Waals surface area contributed by atoms with Gasteiger partial charge in [-0.15, -0.1) is 0 Å². The monoisotopic (exact) mass is 349 g/mol. The summed E-state index contributed by atoms with van der Waals surface area (Å²) in [5.41, 5.74) is 1.98. The van der Waals surface area contributed by atoms with E-state index in [4.69, 9.17) is 27.9 Å². The van der Waals surface area contributed by atoms with Crippen LogP contribution in [0.4, 0.5) is 5.69 Å². The molecule has 0 bridgehead atoms. The van der Waals surface area contributed by atoms with Gasteiger partial charge in [-0.05, 0) is 30.7 Å². The highest BCUT2D eigenvalue weighted by atomic mass is 35.5. The number of carbonyl (C=O) groups excluding carboxylic acids is 2. The summed E-state index contributed by atoms with van der Waals surface area (Å²) < 4.78 is 5.56. The third kappa shape index (κ3) is 3.49. The molecule has 1 N–H and O–H groups in total. The first-order valence-electron chi connectivity index (χ1n) is 7.07. The maximum atomic E-state index is 12.0. The van der Waals surface area contributed by atoms with Gasteiger partial charge in [0, 0.05) is 22.6 Å². The molecule has 3 rings (SSSR count). The number of hydrogen-bond acceptors (Lipinski definition) is 3. The van der Waals surface area contributed by atoms with E-state index in [2.05, 4.69) is 5.32 Å². The Hall–Kier alpha value is -2.04. The van der Waals surface area contributed by atoms with Gasteiger partial charge in [-0.25, -0.2) is 0 Å². The predicted octanol–water partition coefficient (Wildman–Crippen LogP) is 4.14. The van der Waals surface area contributed by atoms with E-state index in [1.807, 2.05) is 0 Å². The zero-order valence-corrected chi connectivity index (χ0v) is 13.6. The van der Waals surface area contributed by atoms with Crippen molar-refractivity contribution < 1.29 is 14.3 Å². The molecule has 0 fully saturated rings. The van der Waals surface area contributed by atoms with E-state index in [0.717, 1.165) is 5.56 Å². The number of fused-ring (bicyclic) bond motifs is 1. The van der Waals surface area contributed by atoms with E-state index in [-0.39, 0.29) is 18.3 Å². The minimum atomic E-state index is -0.351. The van der Waals surface area contributed by atoms with Crippen LogP contribution in [-0.2, 0) is 11.2 Å². The first kappa shape index (κ1) is 15.8. The molecule has 1 aliphatic carbocycles. The summed E-state index contributed by atoms with van der Waals surface area (Å²) in [6, 6.07) is 10.1. The number of Topliss-reactive ketones (excluding diaryl/α,β-unsaturated/α-hetero) is 1. The van der Waals surface area contributed by atoms with Crippen molar-refractivity contribution in [3.63, 3.8) is 0 Å². The van der Waals surface area contributed by atoms with Gasteiger partial charge in [0.15, 0.2) is 12.4 Å². The van der Waals surface area contributed by atoms with Gasteiger partial charge in [-0.1, -0.05) is 35.3 Å². The lowest BCUT2D eigenvalue weighted by molar-refractivity contribution is -0.118. The van der Waals surface area contributed by atoms with Crippen molar-refractivity contribution in [1.82, 2.24) is 0 Å². The summed E-state index contributed by atoms with van der Waals surface area (Å²) in [5.74, 6) is 0.331. The third-order valence-electron chi connectivity index (χ3n) is 3.60. The van der Waals surface area contributed by atoms with Crippen molar-refractivity contribution in [1.29, 1.82) is 0 Å². The standard InChI is InChI=1S/C17H13Cl2NO3/c18-10-4-6-13(19)14(8-10)20-17(22)9-23-16-3-1-2-11-12(16)5-7-15(11)21/h1-4,6,8H,5,7,9H2,(H,20,22). The first-order valence-corrected chi connectivity index (χ1v) is 7.83. The largest absolute Gasteiger partial charge is 0.483 e. The second kappa shape index (κ2) is 6.60. The lowest BCUT2D eigenvalue weighted by Gasteiger charge is -2.11. The second-order valence-corrected chi connectivity index (χ2v) is 6.01. The normalized spacial score (nSPS) is 12.9. The predicted molar refractivity (Wildman–Crippen MR) is 89.7 cm³/mol. The molecular formula is C17H13Cl2NO3. The molecule has 2 aromatic carbocycles. The molecule has 0 spiro atoms. The number of nitrogens with one attached hydrogen (secondary N) is 1. The Morgan fingerprint density at radius 1 is 1.17 bits per heavy atom. The molecule has 4 nitrogen and oxygen atoms in total. The minimum absolute atomic E-state index is 0.112. The highest BCUT2D eigenvalue weighted by Crippen LogP contribution is 2.30. The number of rotatable bonds is 4. The lowest BCUT2D eigenvalue weighted by atomic mass is 10.1. The van der Waals surface area contributed by atoms with Gasteiger partial charge < -0.3 is 10.1 Å². The molecule has 6 heteroatoms. The molecule has 1 aliphatic rings. The average Bonchev–Trinajstić information content (AvgIpc) is 2.91. The summed E-state index contributed by atoms with van der Waals surface area (Å²) in [6.07, 6.45) is 1.13. The summed E-state index contributed by atoms with van der Waals surface area (Å²) >= 11 is 11.9. The molecule has 0 aliphatic heterocycles. The molecule has 23 heavy (non-hydrogen) atoms. The molecule has 0 saturated heterocycles. The molecule has 0 unspecified atom stereocenters. The van der Waals surface area contributed by atoms with E-state index in [0.29, 0.717) is 39.9 Å². The fraction of sp³-hybridized carbons (Fsp3) is 0.176. The van der Waals surface area contributed by atoms with Crippen LogP contribution < -0.4 is 10.1 Å². The highest BCUT2D eigenvalue weighted by Gasteiger charge is 2.22.